The number of hydrogen-bond donors (Lipinski definition) is 4. The van der Waals surface area contributed by atoms with Crippen LogP contribution in [0, 0.1) is 0 Å². The summed E-state index contributed by atoms with van der Waals surface area (Å²) in [6.45, 7) is 0.428. The van der Waals surface area contributed by atoms with Gasteiger partial charge in [0.05, 0.1) is 19.9 Å². The van der Waals surface area contributed by atoms with Crippen LogP contribution in [0.1, 0.15) is 5.76 Å². The van der Waals surface area contributed by atoms with Crippen LogP contribution < -0.4 is 20.7 Å². The van der Waals surface area contributed by atoms with Gasteiger partial charge in [0.1, 0.15) is 17.3 Å². The smallest absolute Gasteiger partial charge is 0.233 e. The lowest BCUT2D eigenvalue weighted by Gasteiger charge is -2.11. The minimum absolute atomic E-state index is 0.180. The van der Waals surface area contributed by atoms with Crippen molar-refractivity contribution in [1.29, 1.82) is 0 Å². The van der Waals surface area contributed by atoms with Crippen molar-refractivity contribution >= 4 is 29.2 Å². The van der Waals surface area contributed by atoms with E-state index in [0.717, 1.165) is 22.9 Å². The van der Waals surface area contributed by atoms with Crippen molar-refractivity contribution in [2.45, 2.75) is 6.54 Å². The molecule has 0 fully saturated rings. The highest BCUT2D eigenvalue weighted by Gasteiger charge is 2.09. The van der Waals surface area contributed by atoms with Gasteiger partial charge in [-0.3, -0.25) is 0 Å². The van der Waals surface area contributed by atoms with Gasteiger partial charge < -0.3 is 30.2 Å². The summed E-state index contributed by atoms with van der Waals surface area (Å²) >= 11 is 0. The third kappa shape index (κ3) is 4.96. The number of benzene rings is 2. The molecule has 0 amide bonds. The van der Waals surface area contributed by atoms with E-state index in [2.05, 4.69) is 30.9 Å². The summed E-state index contributed by atoms with van der Waals surface area (Å²) in [6, 6.07) is 17.7. The van der Waals surface area contributed by atoms with E-state index in [9.17, 15) is 5.11 Å². The van der Waals surface area contributed by atoms with Crippen LogP contribution in [0.5, 0.6) is 11.5 Å². The third-order valence-electron chi connectivity index (χ3n) is 4.11. The Labute approximate surface area is 172 Å². The number of hydrogen-bond acceptors (Lipinski definition) is 9. The van der Waals surface area contributed by atoms with Crippen molar-refractivity contribution in [1.82, 2.24) is 15.0 Å². The van der Waals surface area contributed by atoms with Crippen molar-refractivity contribution in [3.05, 3.63) is 72.7 Å². The van der Waals surface area contributed by atoms with Crippen LogP contribution in [0.25, 0.3) is 0 Å². The molecule has 2 heterocycles. The minimum Gasteiger partial charge on any atom is -0.508 e. The first-order valence-corrected chi connectivity index (χ1v) is 9.17. The number of phenols is 1. The number of nitrogens with one attached hydrogen (secondary N) is 3. The summed E-state index contributed by atoms with van der Waals surface area (Å²) in [5, 5.41) is 18.9. The predicted molar refractivity (Wildman–Crippen MR) is 114 cm³/mol. The molecular weight excluding hydrogens is 384 g/mol. The monoisotopic (exact) mass is 404 g/mol. The average Bonchev–Trinajstić information content (AvgIpc) is 3.28. The summed E-state index contributed by atoms with van der Waals surface area (Å²) in [5.74, 6) is 2.77. The second kappa shape index (κ2) is 8.82. The van der Waals surface area contributed by atoms with E-state index in [4.69, 9.17) is 9.15 Å². The number of furan rings is 1. The summed E-state index contributed by atoms with van der Waals surface area (Å²) in [7, 11) is 1.62. The summed E-state index contributed by atoms with van der Waals surface area (Å²) < 4.78 is 10.5. The van der Waals surface area contributed by atoms with E-state index >= 15 is 0 Å². The number of phenolic OH excluding ortho intramolecular Hbond substituents is 1. The van der Waals surface area contributed by atoms with Gasteiger partial charge in [-0.2, -0.15) is 15.0 Å². The van der Waals surface area contributed by atoms with Gasteiger partial charge in [0, 0.05) is 11.4 Å². The van der Waals surface area contributed by atoms with Crippen molar-refractivity contribution in [2.75, 3.05) is 23.1 Å². The molecule has 0 aliphatic rings. The van der Waals surface area contributed by atoms with Gasteiger partial charge in [-0.15, -0.1) is 0 Å². The Morgan fingerprint density at radius 2 is 1.43 bits per heavy atom. The summed E-state index contributed by atoms with van der Waals surface area (Å²) in [4.78, 5) is 13.3. The Balaban J connectivity index is 1.57. The number of methoxy groups -OCH3 is 1. The minimum atomic E-state index is 0.180. The first-order chi connectivity index (χ1) is 14.7. The molecule has 0 atom stereocenters. The van der Waals surface area contributed by atoms with Gasteiger partial charge in [-0.05, 0) is 60.7 Å². The summed E-state index contributed by atoms with van der Waals surface area (Å²) in [6.07, 6.45) is 1.61. The molecule has 0 saturated carbocycles. The lowest BCUT2D eigenvalue weighted by molar-refractivity contribution is 0.415. The quantitative estimate of drug-likeness (QED) is 0.319. The molecule has 30 heavy (non-hydrogen) atoms. The topological polar surface area (TPSA) is 117 Å². The standard InChI is InChI=1S/C21H20N6O3/c1-29-17-10-6-15(7-11-17)24-21-26-19(22-13-18-3-2-12-30-18)25-20(27-21)23-14-4-8-16(28)9-5-14/h2-12,28H,13H2,1H3,(H3,22,23,24,25,26,27). The van der Waals surface area contributed by atoms with Crippen molar-refractivity contribution in [2.24, 2.45) is 0 Å². The Morgan fingerprint density at radius 1 is 0.833 bits per heavy atom. The van der Waals surface area contributed by atoms with Gasteiger partial charge in [0.2, 0.25) is 17.8 Å². The molecule has 152 valence electrons. The molecule has 2 aromatic carbocycles. The highest BCUT2D eigenvalue weighted by Crippen LogP contribution is 2.22. The van der Waals surface area contributed by atoms with Crippen LogP contribution in [-0.2, 0) is 6.54 Å². The van der Waals surface area contributed by atoms with Crippen molar-refractivity contribution < 1.29 is 14.3 Å². The molecule has 2 aromatic heterocycles. The van der Waals surface area contributed by atoms with Crippen LogP contribution >= 0.6 is 0 Å². The fourth-order valence-corrected chi connectivity index (χ4v) is 2.62. The van der Waals surface area contributed by atoms with Gasteiger partial charge in [-0.25, -0.2) is 0 Å². The van der Waals surface area contributed by atoms with E-state index in [-0.39, 0.29) is 5.75 Å². The Kier molecular flexibility index (Phi) is 5.61. The van der Waals surface area contributed by atoms with Crippen LogP contribution in [0.2, 0.25) is 0 Å². The maximum atomic E-state index is 9.47. The third-order valence-corrected chi connectivity index (χ3v) is 4.11. The molecule has 4 aromatic rings. The number of aromatic hydroxyl groups is 1. The highest BCUT2D eigenvalue weighted by atomic mass is 16.5. The molecule has 0 radical (unpaired) electrons. The van der Waals surface area contributed by atoms with E-state index in [1.807, 2.05) is 36.4 Å². The largest absolute Gasteiger partial charge is 0.508 e. The molecule has 0 spiro atoms. The van der Waals surface area contributed by atoms with Gasteiger partial charge >= 0.3 is 0 Å². The van der Waals surface area contributed by atoms with E-state index < -0.39 is 0 Å². The van der Waals surface area contributed by atoms with Crippen LogP contribution in [0.15, 0.2) is 71.3 Å². The second-order valence-electron chi connectivity index (χ2n) is 6.26. The number of ether oxygens (including phenoxy) is 1. The van der Waals surface area contributed by atoms with Crippen LogP contribution in [0.4, 0.5) is 29.2 Å². The molecular formula is C21H20N6O3. The molecule has 0 unspecified atom stereocenters. The zero-order valence-electron chi connectivity index (χ0n) is 16.2. The lowest BCUT2D eigenvalue weighted by atomic mass is 10.3. The van der Waals surface area contributed by atoms with E-state index in [1.165, 1.54) is 0 Å². The Hall–Kier alpha value is -4.27. The molecule has 0 bridgehead atoms. The van der Waals surface area contributed by atoms with E-state index in [0.29, 0.717) is 24.4 Å². The molecule has 0 saturated heterocycles. The first-order valence-electron chi connectivity index (χ1n) is 9.17. The fraction of sp³-hybridized carbons (Fsp3) is 0.0952. The Bertz CT molecular complexity index is 1080. The van der Waals surface area contributed by atoms with Crippen molar-refractivity contribution in [3.63, 3.8) is 0 Å². The maximum Gasteiger partial charge on any atom is 0.233 e. The molecule has 0 aliphatic carbocycles. The van der Waals surface area contributed by atoms with E-state index in [1.54, 1.807) is 37.6 Å². The van der Waals surface area contributed by atoms with Gasteiger partial charge in [0.25, 0.3) is 0 Å². The second-order valence-corrected chi connectivity index (χ2v) is 6.26. The van der Waals surface area contributed by atoms with Gasteiger partial charge in [0.15, 0.2) is 0 Å². The number of anilines is 5. The number of aromatic nitrogens is 3. The zero-order chi connectivity index (χ0) is 20.8. The fourth-order valence-electron chi connectivity index (χ4n) is 2.62. The van der Waals surface area contributed by atoms with Crippen LogP contribution in [0.3, 0.4) is 0 Å². The molecule has 0 aliphatic heterocycles. The zero-order valence-corrected chi connectivity index (χ0v) is 16.2. The van der Waals surface area contributed by atoms with Gasteiger partial charge in [-0.1, -0.05) is 0 Å². The highest BCUT2D eigenvalue weighted by molar-refractivity contribution is 5.60. The maximum absolute atomic E-state index is 9.47. The molecule has 4 rings (SSSR count). The first kappa shape index (κ1) is 19.1. The average molecular weight is 404 g/mol. The van der Waals surface area contributed by atoms with Crippen LogP contribution in [-0.4, -0.2) is 27.2 Å². The van der Waals surface area contributed by atoms with Crippen molar-refractivity contribution in [3.8, 4) is 11.5 Å². The predicted octanol–water partition coefficient (Wildman–Crippen LogP) is 4.28. The number of rotatable bonds is 8. The Morgan fingerprint density at radius 3 is 2.00 bits per heavy atom. The normalized spacial score (nSPS) is 10.4. The molecule has 9 heteroatoms. The lowest BCUT2D eigenvalue weighted by Crippen LogP contribution is -2.09. The number of nitrogens with zero attached hydrogens (tertiary/aromatic N) is 3. The molecule has 4 N–H and O–H groups in total. The summed E-state index contributed by atoms with van der Waals surface area (Å²) in [5.41, 5.74) is 1.53. The SMILES string of the molecule is COc1ccc(Nc2nc(NCc3ccco3)nc(Nc3ccc(O)cc3)n2)cc1. The molecule has 9 nitrogen and oxygen atoms in total.